The van der Waals surface area contributed by atoms with Gasteiger partial charge in [-0.2, -0.15) is 0 Å². The lowest BCUT2D eigenvalue weighted by molar-refractivity contribution is -0.193. The van der Waals surface area contributed by atoms with Crippen LogP contribution in [0.5, 0.6) is 0 Å². The zero-order valence-electron chi connectivity index (χ0n) is 10.6. The van der Waals surface area contributed by atoms with Crippen molar-refractivity contribution >= 4 is 28.8 Å². The second-order valence-corrected chi connectivity index (χ2v) is 4.34. The van der Waals surface area contributed by atoms with Crippen LogP contribution in [0.2, 0.25) is 0 Å². The van der Waals surface area contributed by atoms with Crippen molar-refractivity contribution in [1.82, 2.24) is 0 Å². The van der Waals surface area contributed by atoms with Gasteiger partial charge in [0.15, 0.2) is 6.29 Å². The van der Waals surface area contributed by atoms with Gasteiger partial charge in [-0.3, -0.25) is 4.99 Å². The Hall–Kier alpha value is -0.180. The molecule has 0 spiro atoms. The predicted molar refractivity (Wildman–Crippen MR) is 77.5 cm³/mol. The first-order chi connectivity index (χ1) is 8.19. The lowest BCUT2D eigenvalue weighted by Gasteiger charge is -2.24. The molecule has 0 aromatic rings. The van der Waals surface area contributed by atoms with Gasteiger partial charge in [-0.05, 0) is 36.4 Å². The molecule has 0 saturated carbocycles. The van der Waals surface area contributed by atoms with Crippen molar-refractivity contribution in [2.45, 2.75) is 26.2 Å². The average molecular weight is 356 g/mol. The van der Waals surface area contributed by atoms with Gasteiger partial charge in [-0.25, -0.2) is 0 Å². The molecule has 2 N–H and O–H groups in total. The van der Waals surface area contributed by atoms with Crippen LogP contribution in [0.3, 0.4) is 0 Å². The molecular formula is C11H21IN2O3. The van der Waals surface area contributed by atoms with Crippen molar-refractivity contribution in [3.8, 4) is 0 Å². The van der Waals surface area contributed by atoms with E-state index in [1.165, 1.54) is 6.20 Å². The minimum atomic E-state index is -0.383. The monoisotopic (exact) mass is 356 g/mol. The number of ether oxygens (including phenoxy) is 3. The molecule has 0 saturated heterocycles. The summed E-state index contributed by atoms with van der Waals surface area (Å²) in [5.41, 5.74) is 5.34. The maximum atomic E-state index is 5.46. The fourth-order valence-electron chi connectivity index (χ4n) is 1.15. The van der Waals surface area contributed by atoms with E-state index in [0.29, 0.717) is 19.8 Å². The summed E-state index contributed by atoms with van der Waals surface area (Å²) >= 11 is 2.10. The quantitative estimate of drug-likeness (QED) is 0.388. The first-order valence-electron chi connectivity index (χ1n) is 5.52. The van der Waals surface area contributed by atoms with E-state index < -0.39 is 0 Å². The number of allylic oxidation sites excluding steroid dienone is 1. The molecular weight excluding hydrogens is 335 g/mol. The third-order valence-electron chi connectivity index (χ3n) is 1.93. The largest absolute Gasteiger partial charge is 0.404 e. The van der Waals surface area contributed by atoms with E-state index in [1.54, 1.807) is 13.3 Å². The van der Waals surface area contributed by atoms with Crippen LogP contribution in [0.4, 0.5) is 0 Å². The van der Waals surface area contributed by atoms with Crippen LogP contribution in [0.25, 0.3) is 0 Å². The molecule has 1 unspecified atom stereocenters. The Morgan fingerprint density at radius 3 is 2.35 bits per heavy atom. The van der Waals surface area contributed by atoms with Crippen LogP contribution < -0.4 is 5.73 Å². The Bertz CT molecular complexity index is 241. The molecule has 6 heteroatoms. The SMILES string of the molecule is CCOC(OCC)C(CN=CC(I)=CN)OC. The summed E-state index contributed by atoms with van der Waals surface area (Å²) in [6, 6.07) is 0. The summed E-state index contributed by atoms with van der Waals surface area (Å²) in [5.74, 6) is 0. The number of aliphatic imine (C=N–C) groups is 1. The summed E-state index contributed by atoms with van der Waals surface area (Å²) in [7, 11) is 1.62. The van der Waals surface area contributed by atoms with Crippen molar-refractivity contribution in [3.05, 3.63) is 9.78 Å². The molecule has 0 aliphatic heterocycles. The van der Waals surface area contributed by atoms with Crippen molar-refractivity contribution < 1.29 is 14.2 Å². The Kier molecular flexibility index (Phi) is 10.8. The third-order valence-corrected chi connectivity index (χ3v) is 2.57. The standard InChI is InChI=1S/C11H21IN2O3/c1-4-16-11(17-5-2)10(15-3)8-14-7-9(12)6-13/h6-7,10-11H,4-5,8,13H2,1-3H3. The molecule has 0 aliphatic rings. The first-order valence-corrected chi connectivity index (χ1v) is 6.60. The molecule has 0 amide bonds. The normalized spacial score (nSPS) is 14.8. The number of halogens is 1. The number of methoxy groups -OCH3 is 1. The van der Waals surface area contributed by atoms with Gasteiger partial charge >= 0.3 is 0 Å². The predicted octanol–water partition coefficient (Wildman–Crippen LogP) is 1.71. The maximum absolute atomic E-state index is 5.46. The van der Waals surface area contributed by atoms with Crippen molar-refractivity contribution in [2.24, 2.45) is 10.7 Å². The summed E-state index contributed by atoms with van der Waals surface area (Å²) in [6.45, 7) is 5.47. The molecule has 1 atom stereocenters. The van der Waals surface area contributed by atoms with Gasteiger partial charge in [0.2, 0.25) is 0 Å². The van der Waals surface area contributed by atoms with Gasteiger partial charge in [0.1, 0.15) is 6.10 Å². The highest BCUT2D eigenvalue weighted by atomic mass is 127. The summed E-state index contributed by atoms with van der Waals surface area (Å²) in [4.78, 5) is 4.23. The summed E-state index contributed by atoms with van der Waals surface area (Å²) < 4.78 is 17.1. The number of hydrogen-bond donors (Lipinski definition) is 1. The fraction of sp³-hybridized carbons (Fsp3) is 0.727. The molecule has 5 nitrogen and oxygen atoms in total. The van der Waals surface area contributed by atoms with Crippen LogP contribution in [-0.4, -0.2) is 45.5 Å². The van der Waals surface area contributed by atoms with E-state index >= 15 is 0 Å². The minimum absolute atomic E-state index is 0.215. The van der Waals surface area contributed by atoms with Gasteiger partial charge in [0.05, 0.1) is 6.54 Å². The molecule has 0 bridgehead atoms. The van der Waals surface area contributed by atoms with Crippen LogP contribution in [-0.2, 0) is 14.2 Å². The number of nitrogens with two attached hydrogens (primary N) is 1. The molecule has 0 rings (SSSR count). The molecule has 0 aromatic carbocycles. The Balaban J connectivity index is 4.31. The molecule has 0 heterocycles. The lowest BCUT2D eigenvalue weighted by atomic mass is 10.3. The summed E-state index contributed by atoms with van der Waals surface area (Å²) in [6.07, 6.45) is 2.59. The highest BCUT2D eigenvalue weighted by Gasteiger charge is 2.21. The van der Waals surface area contributed by atoms with Gasteiger partial charge in [0, 0.05) is 36.3 Å². The van der Waals surface area contributed by atoms with E-state index in [9.17, 15) is 0 Å². The van der Waals surface area contributed by atoms with Crippen LogP contribution in [0.1, 0.15) is 13.8 Å². The van der Waals surface area contributed by atoms with Crippen LogP contribution in [0.15, 0.2) is 14.8 Å². The van der Waals surface area contributed by atoms with Crippen molar-refractivity contribution in [3.63, 3.8) is 0 Å². The zero-order valence-corrected chi connectivity index (χ0v) is 12.7. The van der Waals surface area contributed by atoms with Crippen LogP contribution >= 0.6 is 22.6 Å². The second kappa shape index (κ2) is 10.9. The number of rotatable bonds is 9. The molecule has 0 aromatic heterocycles. The van der Waals surface area contributed by atoms with Gasteiger partial charge in [0.25, 0.3) is 0 Å². The van der Waals surface area contributed by atoms with E-state index in [0.717, 1.165) is 3.58 Å². The average Bonchev–Trinajstić information content (AvgIpc) is 2.34. The second-order valence-electron chi connectivity index (χ2n) is 3.10. The maximum Gasteiger partial charge on any atom is 0.185 e. The van der Waals surface area contributed by atoms with Gasteiger partial charge < -0.3 is 19.9 Å². The van der Waals surface area contributed by atoms with Crippen LogP contribution in [0, 0.1) is 0 Å². The molecule has 17 heavy (non-hydrogen) atoms. The van der Waals surface area contributed by atoms with Gasteiger partial charge in [-0.15, -0.1) is 0 Å². The molecule has 0 aliphatic carbocycles. The van der Waals surface area contributed by atoms with Crippen molar-refractivity contribution in [2.75, 3.05) is 26.9 Å². The third kappa shape index (κ3) is 7.69. The van der Waals surface area contributed by atoms with E-state index in [-0.39, 0.29) is 12.4 Å². The van der Waals surface area contributed by atoms with E-state index in [2.05, 4.69) is 27.6 Å². The fourth-order valence-corrected chi connectivity index (χ4v) is 1.35. The van der Waals surface area contributed by atoms with E-state index in [4.69, 9.17) is 19.9 Å². The number of hydrogen-bond acceptors (Lipinski definition) is 5. The minimum Gasteiger partial charge on any atom is -0.404 e. The highest BCUT2D eigenvalue weighted by molar-refractivity contribution is 14.1. The molecule has 100 valence electrons. The lowest BCUT2D eigenvalue weighted by Crippen LogP contribution is -2.35. The first kappa shape index (κ1) is 16.8. The van der Waals surface area contributed by atoms with Crippen molar-refractivity contribution in [1.29, 1.82) is 0 Å². The smallest absolute Gasteiger partial charge is 0.185 e. The van der Waals surface area contributed by atoms with Gasteiger partial charge in [-0.1, -0.05) is 0 Å². The Morgan fingerprint density at radius 2 is 1.94 bits per heavy atom. The van der Waals surface area contributed by atoms with E-state index in [1.807, 2.05) is 13.8 Å². The Labute approximate surface area is 117 Å². The topological polar surface area (TPSA) is 66.1 Å². The zero-order chi connectivity index (χ0) is 13.1. The molecule has 0 fully saturated rings. The summed E-state index contributed by atoms with van der Waals surface area (Å²) in [5, 5.41) is 0. The number of nitrogens with zero attached hydrogens (tertiary/aromatic N) is 1. The molecule has 0 radical (unpaired) electrons. The highest BCUT2D eigenvalue weighted by Crippen LogP contribution is 2.07. The Morgan fingerprint density at radius 1 is 1.35 bits per heavy atom.